The van der Waals surface area contributed by atoms with Gasteiger partial charge in [-0.3, -0.25) is 0 Å². The van der Waals surface area contributed by atoms with E-state index in [1.54, 1.807) is 0 Å². The van der Waals surface area contributed by atoms with Gasteiger partial charge >= 0.3 is 5.97 Å². The molecule has 0 aromatic carbocycles. The predicted molar refractivity (Wildman–Crippen MR) is 88.1 cm³/mol. The van der Waals surface area contributed by atoms with E-state index in [0.29, 0.717) is 6.42 Å². The Labute approximate surface area is 130 Å². The lowest BCUT2D eigenvalue weighted by molar-refractivity contribution is -0.234. The molecule has 0 rings (SSSR count). The molecular weight excluding hydrogens is 264 g/mol. The Morgan fingerprint density at radius 2 is 1.43 bits per heavy atom. The number of carbonyl (C=O) groups is 1. The first-order chi connectivity index (χ1) is 10.3. The fourth-order valence-corrected chi connectivity index (χ4v) is 2.13. The van der Waals surface area contributed by atoms with Crippen LogP contribution in [0.2, 0.25) is 0 Å². The molecule has 0 atom stereocenters. The maximum Gasteiger partial charge on any atom is 0.342 e. The average Bonchev–Trinajstić information content (AvgIpc) is 2.50. The average molecular weight is 296 g/mol. The van der Waals surface area contributed by atoms with E-state index in [-0.39, 0.29) is 0 Å². The van der Waals surface area contributed by atoms with Crippen LogP contribution in [0, 0.1) is 0 Å². The van der Waals surface area contributed by atoms with Crippen molar-refractivity contribution in [3.8, 4) is 0 Å². The molecular formula is C18H32O3. The Morgan fingerprint density at radius 1 is 0.857 bits per heavy atom. The maximum atomic E-state index is 10.7. The van der Waals surface area contributed by atoms with Gasteiger partial charge in [-0.2, -0.15) is 5.26 Å². The van der Waals surface area contributed by atoms with Crippen molar-refractivity contribution < 1.29 is 14.9 Å². The van der Waals surface area contributed by atoms with Crippen LogP contribution in [0.3, 0.4) is 0 Å². The molecule has 0 aromatic rings. The van der Waals surface area contributed by atoms with Crippen molar-refractivity contribution in [2.75, 3.05) is 0 Å². The first-order valence-electron chi connectivity index (χ1n) is 8.45. The summed E-state index contributed by atoms with van der Waals surface area (Å²) in [6, 6.07) is 0. The molecule has 3 nitrogen and oxygen atoms in total. The van der Waals surface area contributed by atoms with Gasteiger partial charge in [-0.25, -0.2) is 4.79 Å². The molecule has 0 aliphatic carbocycles. The SMILES string of the molecule is CCCCC/C=C\C/C=C\CCCCCCCC(=O)OO. The third-order valence-electron chi connectivity index (χ3n) is 3.43. The molecule has 0 bridgehead atoms. The van der Waals surface area contributed by atoms with Crippen LogP contribution < -0.4 is 0 Å². The van der Waals surface area contributed by atoms with Crippen LogP contribution in [0.15, 0.2) is 24.3 Å². The molecule has 0 saturated heterocycles. The largest absolute Gasteiger partial charge is 0.342 e. The highest BCUT2D eigenvalue weighted by molar-refractivity contribution is 5.68. The van der Waals surface area contributed by atoms with Gasteiger partial charge in [0.2, 0.25) is 0 Å². The molecule has 21 heavy (non-hydrogen) atoms. The van der Waals surface area contributed by atoms with E-state index in [9.17, 15) is 4.79 Å². The predicted octanol–water partition coefficient (Wildman–Crippen LogP) is 5.82. The molecule has 0 aliphatic rings. The highest BCUT2D eigenvalue weighted by Crippen LogP contribution is 2.08. The Balaban J connectivity index is 3.20. The van der Waals surface area contributed by atoms with E-state index in [4.69, 9.17) is 5.26 Å². The molecule has 0 heterocycles. The fourth-order valence-electron chi connectivity index (χ4n) is 2.13. The summed E-state index contributed by atoms with van der Waals surface area (Å²) in [4.78, 5) is 14.3. The standard InChI is InChI=1S/C18H32O3/c1-2-3-4-5-6-7-8-9-10-11-12-13-14-15-16-17-18(19)21-20/h6-7,9-10,20H,2-5,8,11-17H2,1H3/b7-6-,10-9-. The zero-order valence-electron chi connectivity index (χ0n) is 13.6. The minimum atomic E-state index is -0.527. The topological polar surface area (TPSA) is 46.5 Å². The maximum absolute atomic E-state index is 10.7. The van der Waals surface area contributed by atoms with Crippen molar-refractivity contribution in [2.45, 2.75) is 84.0 Å². The van der Waals surface area contributed by atoms with Crippen LogP contribution in [0.4, 0.5) is 0 Å². The molecule has 0 radical (unpaired) electrons. The van der Waals surface area contributed by atoms with E-state index in [0.717, 1.165) is 32.1 Å². The number of rotatable bonds is 14. The van der Waals surface area contributed by atoms with E-state index < -0.39 is 5.97 Å². The van der Waals surface area contributed by atoms with E-state index in [1.807, 2.05) is 0 Å². The minimum Gasteiger partial charge on any atom is -0.301 e. The summed E-state index contributed by atoms with van der Waals surface area (Å²) in [5, 5.41) is 8.09. The molecule has 1 N–H and O–H groups in total. The quantitative estimate of drug-likeness (QED) is 0.190. The van der Waals surface area contributed by atoms with Crippen LogP contribution in [0.25, 0.3) is 0 Å². The van der Waals surface area contributed by atoms with Crippen molar-refractivity contribution in [3.05, 3.63) is 24.3 Å². The lowest BCUT2D eigenvalue weighted by atomic mass is 10.1. The second-order valence-corrected chi connectivity index (χ2v) is 5.44. The highest BCUT2D eigenvalue weighted by atomic mass is 17.1. The van der Waals surface area contributed by atoms with Gasteiger partial charge in [-0.15, -0.1) is 0 Å². The lowest BCUT2D eigenvalue weighted by Gasteiger charge is -1.99. The van der Waals surface area contributed by atoms with Crippen molar-refractivity contribution in [3.63, 3.8) is 0 Å². The van der Waals surface area contributed by atoms with Crippen LogP contribution in [-0.2, 0) is 9.68 Å². The molecule has 0 amide bonds. The minimum absolute atomic E-state index is 0.320. The number of hydrogen-bond acceptors (Lipinski definition) is 3. The van der Waals surface area contributed by atoms with Gasteiger partial charge in [0.1, 0.15) is 0 Å². The molecule has 0 unspecified atom stereocenters. The molecule has 0 aliphatic heterocycles. The zero-order chi connectivity index (χ0) is 15.6. The molecule has 0 aromatic heterocycles. The Kier molecular flexibility index (Phi) is 16.1. The van der Waals surface area contributed by atoms with Gasteiger partial charge in [0, 0.05) is 6.42 Å². The van der Waals surface area contributed by atoms with Crippen molar-refractivity contribution in [1.29, 1.82) is 0 Å². The van der Waals surface area contributed by atoms with E-state index in [1.165, 1.54) is 38.5 Å². The van der Waals surface area contributed by atoms with Crippen molar-refractivity contribution in [2.24, 2.45) is 0 Å². The molecule has 0 saturated carbocycles. The number of unbranched alkanes of at least 4 members (excludes halogenated alkanes) is 8. The van der Waals surface area contributed by atoms with Crippen LogP contribution in [-0.4, -0.2) is 11.2 Å². The summed E-state index contributed by atoms with van der Waals surface area (Å²) in [6.07, 6.45) is 22.1. The fraction of sp³-hybridized carbons (Fsp3) is 0.722. The first kappa shape index (κ1) is 19.9. The van der Waals surface area contributed by atoms with Crippen molar-refractivity contribution in [1.82, 2.24) is 0 Å². The summed E-state index contributed by atoms with van der Waals surface area (Å²) in [5.41, 5.74) is 0. The molecule has 0 spiro atoms. The van der Waals surface area contributed by atoms with Crippen LogP contribution in [0.1, 0.15) is 84.0 Å². The first-order valence-corrected chi connectivity index (χ1v) is 8.45. The Bertz CT molecular complexity index is 282. The normalized spacial score (nSPS) is 11.5. The second kappa shape index (κ2) is 17.0. The number of hydrogen-bond donors (Lipinski definition) is 1. The molecule has 0 fully saturated rings. The third kappa shape index (κ3) is 16.9. The summed E-state index contributed by atoms with van der Waals surface area (Å²) >= 11 is 0. The Hall–Kier alpha value is -1.09. The van der Waals surface area contributed by atoms with Gasteiger partial charge in [-0.1, -0.05) is 63.3 Å². The van der Waals surface area contributed by atoms with E-state index in [2.05, 4.69) is 36.1 Å². The molecule has 122 valence electrons. The number of carbonyl (C=O) groups excluding carboxylic acids is 1. The van der Waals surface area contributed by atoms with Crippen molar-refractivity contribution >= 4 is 5.97 Å². The number of allylic oxidation sites excluding steroid dienone is 4. The monoisotopic (exact) mass is 296 g/mol. The van der Waals surface area contributed by atoms with E-state index >= 15 is 0 Å². The summed E-state index contributed by atoms with van der Waals surface area (Å²) < 4.78 is 0. The summed E-state index contributed by atoms with van der Waals surface area (Å²) in [6.45, 7) is 2.23. The second-order valence-electron chi connectivity index (χ2n) is 5.44. The zero-order valence-corrected chi connectivity index (χ0v) is 13.6. The van der Waals surface area contributed by atoms with Gasteiger partial charge in [0.25, 0.3) is 0 Å². The van der Waals surface area contributed by atoms with Crippen LogP contribution >= 0.6 is 0 Å². The van der Waals surface area contributed by atoms with Crippen LogP contribution in [0.5, 0.6) is 0 Å². The van der Waals surface area contributed by atoms with Gasteiger partial charge in [-0.05, 0) is 38.5 Å². The van der Waals surface area contributed by atoms with Gasteiger partial charge in [0.15, 0.2) is 0 Å². The molecule has 3 heteroatoms. The smallest absolute Gasteiger partial charge is 0.301 e. The lowest BCUT2D eigenvalue weighted by Crippen LogP contribution is -1.99. The van der Waals surface area contributed by atoms with Gasteiger partial charge < -0.3 is 4.89 Å². The Morgan fingerprint density at radius 3 is 2.05 bits per heavy atom. The summed E-state index contributed by atoms with van der Waals surface area (Å²) in [7, 11) is 0. The third-order valence-corrected chi connectivity index (χ3v) is 3.43. The summed E-state index contributed by atoms with van der Waals surface area (Å²) in [5.74, 6) is -0.527. The van der Waals surface area contributed by atoms with Gasteiger partial charge in [0.05, 0.1) is 0 Å². The highest BCUT2D eigenvalue weighted by Gasteiger charge is 2.00.